The predicted molar refractivity (Wildman–Crippen MR) is 85.2 cm³/mol. The van der Waals surface area contributed by atoms with Crippen LogP contribution in [0.4, 0.5) is 0 Å². The molecule has 19 heavy (non-hydrogen) atoms. The summed E-state index contributed by atoms with van der Waals surface area (Å²) in [4.78, 5) is 10.1. The Balaban J connectivity index is 3.03. The first-order valence-electron chi connectivity index (χ1n) is 8.29. The first-order chi connectivity index (χ1) is 9.41. The molecule has 0 fully saturated rings. The quantitative estimate of drug-likeness (QED) is 0.200. The van der Waals surface area contributed by atoms with Gasteiger partial charge in [0.05, 0.1) is 0 Å². The molecule has 0 bridgehead atoms. The van der Waals surface area contributed by atoms with E-state index in [0.29, 0.717) is 0 Å². The predicted octanol–water partition coefficient (Wildman–Crippen LogP) is 6.04. The Labute approximate surface area is 120 Å². The summed E-state index contributed by atoms with van der Waals surface area (Å²) in [6.45, 7) is 3.86. The highest BCUT2D eigenvalue weighted by Gasteiger charge is 1.90. The molecule has 0 amide bonds. The molecule has 1 heteroatoms. The van der Waals surface area contributed by atoms with Crippen LogP contribution >= 0.6 is 0 Å². The van der Waals surface area contributed by atoms with E-state index in [-0.39, 0.29) is 0 Å². The van der Waals surface area contributed by atoms with Crippen molar-refractivity contribution in [2.45, 2.75) is 89.9 Å². The van der Waals surface area contributed by atoms with Gasteiger partial charge in [-0.3, -0.25) is 0 Å². The Kier molecular flexibility index (Phi) is 16.9. The van der Waals surface area contributed by atoms with E-state index in [1.165, 1.54) is 70.6 Å². The summed E-state index contributed by atoms with van der Waals surface area (Å²) >= 11 is 0. The summed E-state index contributed by atoms with van der Waals surface area (Å²) in [5, 5.41) is 0. The lowest BCUT2D eigenvalue weighted by Crippen LogP contribution is -1.80. The second-order valence-corrected chi connectivity index (χ2v) is 5.39. The Hall–Kier alpha value is -0.590. The minimum absolute atomic E-state index is 0.745. The Morgan fingerprint density at radius 3 is 1.47 bits per heavy atom. The van der Waals surface area contributed by atoms with E-state index in [1.807, 2.05) is 0 Å². The van der Waals surface area contributed by atoms with E-state index in [9.17, 15) is 4.79 Å². The van der Waals surface area contributed by atoms with Crippen LogP contribution in [0.5, 0.6) is 0 Å². The lowest BCUT2D eigenvalue weighted by Gasteiger charge is -1.98. The summed E-state index contributed by atoms with van der Waals surface area (Å²) in [5.74, 6) is 0. The molecular weight excluding hydrogens is 232 g/mol. The maximum absolute atomic E-state index is 10.1. The minimum Gasteiger partial charge on any atom is -0.303 e. The third-order valence-electron chi connectivity index (χ3n) is 3.48. The van der Waals surface area contributed by atoms with Crippen molar-refractivity contribution in [2.75, 3.05) is 0 Å². The average Bonchev–Trinajstić information content (AvgIpc) is 2.43. The van der Waals surface area contributed by atoms with Crippen molar-refractivity contribution in [1.82, 2.24) is 0 Å². The van der Waals surface area contributed by atoms with Gasteiger partial charge in [0.1, 0.15) is 6.29 Å². The lowest BCUT2D eigenvalue weighted by molar-refractivity contribution is -0.107. The number of rotatable bonds is 15. The second kappa shape index (κ2) is 17.4. The number of carbonyl (C=O) groups is 1. The maximum atomic E-state index is 10.1. The van der Waals surface area contributed by atoms with Gasteiger partial charge in [-0.05, 0) is 32.1 Å². The highest BCUT2D eigenvalue weighted by molar-refractivity contribution is 5.48. The molecule has 0 N–H and O–H groups in total. The molecule has 0 heterocycles. The van der Waals surface area contributed by atoms with Gasteiger partial charge in [-0.15, -0.1) is 0 Å². The van der Waals surface area contributed by atoms with Crippen molar-refractivity contribution in [1.29, 1.82) is 0 Å². The van der Waals surface area contributed by atoms with Gasteiger partial charge in [0.25, 0.3) is 0 Å². The molecule has 0 rings (SSSR count). The molecule has 0 unspecified atom stereocenters. The second-order valence-electron chi connectivity index (χ2n) is 5.39. The van der Waals surface area contributed by atoms with E-state index in [0.717, 1.165) is 25.5 Å². The smallest absolute Gasteiger partial charge is 0.119 e. The van der Waals surface area contributed by atoms with E-state index < -0.39 is 0 Å². The van der Waals surface area contributed by atoms with Crippen LogP contribution in [-0.2, 0) is 4.79 Å². The molecule has 0 saturated heterocycles. The molecule has 0 aliphatic carbocycles. The van der Waals surface area contributed by atoms with E-state index in [4.69, 9.17) is 0 Å². The van der Waals surface area contributed by atoms with Crippen LogP contribution in [0.2, 0.25) is 0 Å². The number of hydrogen-bond donors (Lipinski definition) is 0. The fourth-order valence-corrected chi connectivity index (χ4v) is 2.23. The zero-order valence-electron chi connectivity index (χ0n) is 12.7. The SMILES string of the molecule is [CH2]CCCCCCCC=CCCCCCCCC=O. The monoisotopic (exact) mass is 265 g/mol. The third kappa shape index (κ3) is 17.4. The molecule has 0 aromatic rings. The maximum Gasteiger partial charge on any atom is 0.119 e. The molecule has 0 spiro atoms. The molecule has 1 nitrogen and oxygen atoms in total. The van der Waals surface area contributed by atoms with Gasteiger partial charge < -0.3 is 4.79 Å². The van der Waals surface area contributed by atoms with Crippen LogP contribution in [-0.4, -0.2) is 6.29 Å². The minimum atomic E-state index is 0.745. The number of aldehydes is 1. The first kappa shape index (κ1) is 18.4. The number of unbranched alkanes of at least 4 members (excludes halogenated alkanes) is 12. The highest BCUT2D eigenvalue weighted by atomic mass is 16.1. The van der Waals surface area contributed by atoms with Gasteiger partial charge in [0.15, 0.2) is 0 Å². The Morgan fingerprint density at radius 1 is 0.579 bits per heavy atom. The molecular formula is C18H33O. The third-order valence-corrected chi connectivity index (χ3v) is 3.48. The summed E-state index contributed by atoms with van der Waals surface area (Å²) in [6.07, 6.45) is 23.0. The summed E-state index contributed by atoms with van der Waals surface area (Å²) < 4.78 is 0. The van der Waals surface area contributed by atoms with Gasteiger partial charge in [0.2, 0.25) is 0 Å². The molecule has 111 valence electrons. The Bertz CT molecular complexity index is 196. The van der Waals surface area contributed by atoms with Crippen LogP contribution in [0.1, 0.15) is 89.9 Å². The van der Waals surface area contributed by atoms with Gasteiger partial charge in [0, 0.05) is 6.42 Å². The molecule has 0 aromatic carbocycles. The summed E-state index contributed by atoms with van der Waals surface area (Å²) in [6, 6.07) is 0. The molecule has 0 aromatic heterocycles. The van der Waals surface area contributed by atoms with Gasteiger partial charge in [-0.25, -0.2) is 0 Å². The van der Waals surface area contributed by atoms with Crippen molar-refractivity contribution in [2.24, 2.45) is 0 Å². The van der Waals surface area contributed by atoms with E-state index >= 15 is 0 Å². The van der Waals surface area contributed by atoms with E-state index in [2.05, 4.69) is 19.1 Å². The molecule has 0 saturated carbocycles. The lowest BCUT2D eigenvalue weighted by atomic mass is 10.1. The molecule has 0 atom stereocenters. The van der Waals surface area contributed by atoms with Crippen molar-refractivity contribution < 1.29 is 4.79 Å². The summed E-state index contributed by atoms with van der Waals surface area (Å²) in [5.41, 5.74) is 0. The fraction of sp³-hybridized carbons (Fsp3) is 0.778. The molecule has 0 aliphatic heterocycles. The van der Waals surface area contributed by atoms with Gasteiger partial charge >= 0.3 is 0 Å². The Morgan fingerprint density at radius 2 is 1.00 bits per heavy atom. The number of allylic oxidation sites excluding steroid dienone is 2. The largest absolute Gasteiger partial charge is 0.303 e. The normalized spacial score (nSPS) is 11.2. The van der Waals surface area contributed by atoms with Crippen molar-refractivity contribution in [3.8, 4) is 0 Å². The molecule has 0 aliphatic rings. The zero-order valence-corrected chi connectivity index (χ0v) is 12.7. The standard InChI is InChI=1S/C18H33O/c1-2-3-4-5-6-7-8-9-10-11-12-13-14-15-16-17-18-19/h9-10,18H,1-8,11-17H2. The van der Waals surface area contributed by atoms with Crippen molar-refractivity contribution >= 4 is 6.29 Å². The van der Waals surface area contributed by atoms with Crippen LogP contribution in [0.15, 0.2) is 12.2 Å². The zero-order chi connectivity index (χ0) is 14.0. The van der Waals surface area contributed by atoms with Crippen molar-refractivity contribution in [3.05, 3.63) is 19.1 Å². The van der Waals surface area contributed by atoms with Crippen LogP contribution in [0, 0.1) is 6.92 Å². The first-order valence-corrected chi connectivity index (χ1v) is 8.29. The molecule has 1 radical (unpaired) electrons. The number of hydrogen-bond acceptors (Lipinski definition) is 1. The average molecular weight is 265 g/mol. The van der Waals surface area contributed by atoms with Gasteiger partial charge in [-0.2, -0.15) is 0 Å². The fourth-order valence-electron chi connectivity index (χ4n) is 2.23. The number of carbonyl (C=O) groups excluding carboxylic acids is 1. The van der Waals surface area contributed by atoms with Gasteiger partial charge in [-0.1, -0.05) is 70.4 Å². The van der Waals surface area contributed by atoms with E-state index in [1.54, 1.807) is 0 Å². The topological polar surface area (TPSA) is 17.1 Å². The van der Waals surface area contributed by atoms with Crippen LogP contribution < -0.4 is 0 Å². The summed E-state index contributed by atoms with van der Waals surface area (Å²) in [7, 11) is 0. The van der Waals surface area contributed by atoms with Crippen molar-refractivity contribution in [3.63, 3.8) is 0 Å². The van der Waals surface area contributed by atoms with Crippen LogP contribution in [0.3, 0.4) is 0 Å². The van der Waals surface area contributed by atoms with Crippen LogP contribution in [0.25, 0.3) is 0 Å². The highest BCUT2D eigenvalue weighted by Crippen LogP contribution is 2.09.